The minimum atomic E-state index is -1.04. The summed E-state index contributed by atoms with van der Waals surface area (Å²) in [6.45, 7) is 1.38. The fourth-order valence-electron chi connectivity index (χ4n) is 1.64. The van der Waals surface area contributed by atoms with Gasteiger partial charge in [-0.25, -0.2) is 4.79 Å². The summed E-state index contributed by atoms with van der Waals surface area (Å²) in [6.07, 6.45) is 0. The van der Waals surface area contributed by atoms with Crippen molar-refractivity contribution in [3.8, 4) is 0 Å². The molecule has 18 heavy (non-hydrogen) atoms. The lowest BCUT2D eigenvalue weighted by atomic mass is 10.3. The molecule has 0 fully saturated rings. The highest BCUT2D eigenvalue weighted by atomic mass is 79.9. The van der Waals surface area contributed by atoms with Crippen LogP contribution in [0.1, 0.15) is 21.9 Å². The number of aromatic carboxylic acids is 1. The first-order valence-corrected chi connectivity index (χ1v) is 6.95. The van der Waals surface area contributed by atoms with E-state index in [1.165, 1.54) is 11.6 Å². The topological polar surface area (TPSA) is 53.7 Å². The number of furan rings is 1. The van der Waals surface area contributed by atoms with Gasteiger partial charge in [-0.2, -0.15) is 0 Å². The molecule has 0 atom stereocenters. The Morgan fingerprint density at radius 1 is 1.50 bits per heavy atom. The Morgan fingerprint density at radius 2 is 2.28 bits per heavy atom. The minimum Gasteiger partial charge on any atom is -0.475 e. The zero-order valence-electron chi connectivity index (χ0n) is 9.72. The van der Waals surface area contributed by atoms with Gasteiger partial charge in [-0.1, -0.05) is 0 Å². The second-order valence-corrected chi connectivity index (χ2v) is 6.29. The van der Waals surface area contributed by atoms with Crippen molar-refractivity contribution < 1.29 is 14.3 Å². The lowest BCUT2D eigenvalue weighted by molar-refractivity contribution is 0.0658. The molecule has 1 N–H and O–H groups in total. The van der Waals surface area contributed by atoms with Crippen LogP contribution in [0, 0.1) is 0 Å². The minimum absolute atomic E-state index is 0.0170. The lowest BCUT2D eigenvalue weighted by Gasteiger charge is -2.13. The first-order chi connectivity index (χ1) is 8.54. The van der Waals surface area contributed by atoms with Gasteiger partial charge in [-0.05, 0) is 52.1 Å². The van der Waals surface area contributed by atoms with Gasteiger partial charge in [0.25, 0.3) is 0 Å². The average molecular weight is 330 g/mol. The van der Waals surface area contributed by atoms with Crippen molar-refractivity contribution in [3.05, 3.63) is 44.4 Å². The summed E-state index contributed by atoms with van der Waals surface area (Å²) in [7, 11) is 1.97. The summed E-state index contributed by atoms with van der Waals surface area (Å²) in [4.78, 5) is 12.8. The van der Waals surface area contributed by atoms with Gasteiger partial charge in [0, 0.05) is 6.54 Å². The SMILES string of the molecule is CN(Cc1csc(Br)c1)Cc1ccc(C(=O)O)o1. The van der Waals surface area contributed by atoms with Gasteiger partial charge in [-0.15, -0.1) is 11.3 Å². The van der Waals surface area contributed by atoms with Crippen LogP contribution in [0.15, 0.2) is 31.8 Å². The molecule has 0 aliphatic carbocycles. The van der Waals surface area contributed by atoms with Crippen molar-refractivity contribution >= 4 is 33.2 Å². The summed E-state index contributed by atoms with van der Waals surface area (Å²) in [5, 5.41) is 10.8. The molecule has 0 aromatic carbocycles. The van der Waals surface area contributed by atoms with E-state index in [4.69, 9.17) is 9.52 Å². The Hall–Kier alpha value is -1.11. The van der Waals surface area contributed by atoms with Crippen LogP contribution in [0.4, 0.5) is 0 Å². The molecule has 2 aromatic rings. The van der Waals surface area contributed by atoms with Crippen LogP contribution in [0.2, 0.25) is 0 Å². The molecule has 2 rings (SSSR count). The Bertz CT molecular complexity index is 549. The van der Waals surface area contributed by atoms with Crippen molar-refractivity contribution in [1.82, 2.24) is 4.90 Å². The Balaban J connectivity index is 1.94. The highest BCUT2D eigenvalue weighted by Gasteiger charge is 2.11. The van der Waals surface area contributed by atoms with E-state index in [1.807, 2.05) is 7.05 Å². The third kappa shape index (κ3) is 3.44. The van der Waals surface area contributed by atoms with E-state index in [0.29, 0.717) is 12.3 Å². The second-order valence-electron chi connectivity index (χ2n) is 4.00. The predicted molar refractivity (Wildman–Crippen MR) is 72.9 cm³/mol. The van der Waals surface area contributed by atoms with Crippen LogP contribution in [0.5, 0.6) is 0 Å². The van der Waals surface area contributed by atoms with Crippen LogP contribution in [0.25, 0.3) is 0 Å². The maximum Gasteiger partial charge on any atom is 0.371 e. The van der Waals surface area contributed by atoms with E-state index in [2.05, 4.69) is 32.3 Å². The van der Waals surface area contributed by atoms with Gasteiger partial charge >= 0.3 is 5.97 Å². The first kappa shape index (κ1) is 13.3. The largest absolute Gasteiger partial charge is 0.475 e. The summed E-state index contributed by atoms with van der Waals surface area (Å²) in [5.74, 6) is -0.397. The fourth-order valence-corrected chi connectivity index (χ4v) is 2.84. The highest BCUT2D eigenvalue weighted by Crippen LogP contribution is 2.22. The standard InChI is InChI=1S/C12H12BrNO3S/c1-14(5-8-4-11(13)18-7-8)6-9-2-3-10(17-9)12(15)16/h2-4,7H,5-6H2,1H3,(H,15,16). The van der Waals surface area contributed by atoms with E-state index in [1.54, 1.807) is 17.4 Å². The molecular formula is C12H12BrNO3S. The quantitative estimate of drug-likeness (QED) is 0.912. The number of hydrogen-bond acceptors (Lipinski definition) is 4. The van der Waals surface area contributed by atoms with E-state index >= 15 is 0 Å². The molecule has 0 saturated carbocycles. The molecule has 96 valence electrons. The van der Waals surface area contributed by atoms with Crippen molar-refractivity contribution in [1.29, 1.82) is 0 Å². The number of nitrogens with zero attached hydrogens (tertiary/aromatic N) is 1. The van der Waals surface area contributed by atoms with Gasteiger partial charge in [0.15, 0.2) is 0 Å². The Morgan fingerprint density at radius 3 is 2.83 bits per heavy atom. The fraction of sp³-hybridized carbons (Fsp3) is 0.250. The van der Waals surface area contributed by atoms with Crippen LogP contribution >= 0.6 is 27.3 Å². The van der Waals surface area contributed by atoms with E-state index in [-0.39, 0.29) is 5.76 Å². The van der Waals surface area contributed by atoms with Crippen LogP contribution < -0.4 is 0 Å². The van der Waals surface area contributed by atoms with Gasteiger partial charge in [0.2, 0.25) is 5.76 Å². The van der Waals surface area contributed by atoms with Crippen molar-refractivity contribution in [2.45, 2.75) is 13.1 Å². The average Bonchev–Trinajstić information content (AvgIpc) is 2.88. The number of rotatable bonds is 5. The van der Waals surface area contributed by atoms with Crippen LogP contribution in [-0.2, 0) is 13.1 Å². The zero-order valence-corrected chi connectivity index (χ0v) is 12.1. The Labute approximate surface area is 117 Å². The summed E-state index contributed by atoms with van der Waals surface area (Å²) >= 11 is 5.07. The molecule has 0 spiro atoms. The predicted octanol–water partition coefficient (Wildman–Crippen LogP) is 3.43. The molecule has 2 aromatic heterocycles. The monoisotopic (exact) mass is 329 g/mol. The number of hydrogen-bond donors (Lipinski definition) is 1. The third-order valence-electron chi connectivity index (χ3n) is 2.37. The second kappa shape index (κ2) is 5.69. The zero-order chi connectivity index (χ0) is 13.1. The van der Waals surface area contributed by atoms with Gasteiger partial charge in [0.05, 0.1) is 10.3 Å². The molecule has 0 radical (unpaired) electrons. The van der Waals surface area contributed by atoms with Gasteiger partial charge in [-0.3, -0.25) is 4.90 Å². The highest BCUT2D eigenvalue weighted by molar-refractivity contribution is 9.11. The van der Waals surface area contributed by atoms with E-state index in [0.717, 1.165) is 10.3 Å². The summed E-state index contributed by atoms with van der Waals surface area (Å²) in [5.41, 5.74) is 1.22. The van der Waals surface area contributed by atoms with Crippen molar-refractivity contribution in [2.24, 2.45) is 0 Å². The van der Waals surface area contributed by atoms with Gasteiger partial charge in [0.1, 0.15) is 5.76 Å². The molecule has 0 saturated heterocycles. The number of carbonyl (C=O) groups is 1. The molecular weight excluding hydrogens is 318 g/mol. The normalized spacial score (nSPS) is 11.1. The smallest absolute Gasteiger partial charge is 0.371 e. The molecule has 0 aliphatic rings. The van der Waals surface area contributed by atoms with E-state index in [9.17, 15) is 4.79 Å². The molecule has 6 heteroatoms. The van der Waals surface area contributed by atoms with Crippen LogP contribution in [0.3, 0.4) is 0 Å². The molecule has 0 unspecified atom stereocenters. The maximum atomic E-state index is 10.7. The number of carboxylic acids is 1. The molecule has 2 heterocycles. The first-order valence-electron chi connectivity index (χ1n) is 5.28. The lowest BCUT2D eigenvalue weighted by Crippen LogP contribution is -2.16. The van der Waals surface area contributed by atoms with Crippen LogP contribution in [-0.4, -0.2) is 23.0 Å². The number of thiophene rings is 1. The number of halogens is 1. The molecule has 4 nitrogen and oxygen atoms in total. The third-order valence-corrected chi connectivity index (χ3v) is 3.93. The molecule has 0 bridgehead atoms. The number of carboxylic acid groups (broad SMARTS) is 1. The molecule has 0 amide bonds. The summed E-state index contributed by atoms with van der Waals surface area (Å²) in [6, 6.07) is 5.25. The molecule has 0 aliphatic heterocycles. The van der Waals surface area contributed by atoms with E-state index < -0.39 is 5.97 Å². The summed E-state index contributed by atoms with van der Waals surface area (Å²) < 4.78 is 6.32. The van der Waals surface area contributed by atoms with Crippen molar-refractivity contribution in [3.63, 3.8) is 0 Å². The Kier molecular flexibility index (Phi) is 4.21. The maximum absolute atomic E-state index is 10.7. The van der Waals surface area contributed by atoms with Crippen molar-refractivity contribution in [2.75, 3.05) is 7.05 Å². The van der Waals surface area contributed by atoms with Gasteiger partial charge < -0.3 is 9.52 Å².